The van der Waals surface area contributed by atoms with Gasteiger partial charge in [0.25, 0.3) is 5.91 Å². The highest BCUT2D eigenvalue weighted by atomic mass is 16.6. The molecule has 0 aliphatic heterocycles. The fourth-order valence-electron chi connectivity index (χ4n) is 1.39. The average Bonchev–Trinajstić information content (AvgIpc) is 2.92. The second-order valence-electron chi connectivity index (χ2n) is 3.48. The van der Waals surface area contributed by atoms with E-state index in [-0.39, 0.29) is 18.1 Å². The smallest absolute Gasteiger partial charge is 0.277 e. The lowest BCUT2D eigenvalue weighted by Gasteiger charge is -1.99. The number of hydrogen-bond acceptors (Lipinski definition) is 7. The fraction of sp³-hybridized carbons (Fsp3) is 0.333. The van der Waals surface area contributed by atoms with Gasteiger partial charge in [-0.25, -0.2) is 9.31 Å². The molecule has 0 spiro atoms. The number of anilines is 1. The third kappa shape index (κ3) is 2.24. The van der Waals surface area contributed by atoms with Crippen molar-refractivity contribution in [1.82, 2.24) is 25.4 Å². The summed E-state index contributed by atoms with van der Waals surface area (Å²) in [5.41, 5.74) is 6.00. The summed E-state index contributed by atoms with van der Waals surface area (Å²) in [4.78, 5) is 11.6. The zero-order valence-corrected chi connectivity index (χ0v) is 9.88. The molecule has 0 atom stereocenters. The Balaban J connectivity index is 1.99. The molecule has 3 N–H and O–H groups in total. The topological polar surface area (TPSA) is 121 Å². The van der Waals surface area contributed by atoms with E-state index < -0.39 is 5.91 Å². The van der Waals surface area contributed by atoms with E-state index in [0.717, 1.165) is 0 Å². The van der Waals surface area contributed by atoms with Crippen LogP contribution in [0.1, 0.15) is 16.2 Å². The van der Waals surface area contributed by atoms with Crippen LogP contribution in [-0.4, -0.2) is 33.1 Å². The summed E-state index contributed by atoms with van der Waals surface area (Å²) in [7, 11) is 3.28. The lowest BCUT2D eigenvalue weighted by atomic mass is 10.3. The summed E-state index contributed by atoms with van der Waals surface area (Å²) in [6.45, 7) is 0.225. The minimum atomic E-state index is -0.474. The Kier molecular flexibility index (Phi) is 3.13. The molecule has 0 aliphatic rings. The molecule has 96 valence electrons. The Morgan fingerprint density at radius 2 is 2.39 bits per heavy atom. The van der Waals surface area contributed by atoms with Gasteiger partial charge in [0.1, 0.15) is 0 Å². The predicted molar refractivity (Wildman–Crippen MR) is 59.6 cm³/mol. The summed E-state index contributed by atoms with van der Waals surface area (Å²) in [5.74, 6) is 0.0753. The number of nitrogens with zero attached hydrogens (tertiary/aromatic N) is 4. The number of carbonyl (C=O) groups excluding carboxylic acids is 1. The van der Waals surface area contributed by atoms with Crippen molar-refractivity contribution in [3.8, 4) is 5.88 Å². The monoisotopic (exact) mass is 252 g/mol. The van der Waals surface area contributed by atoms with E-state index in [0.29, 0.717) is 11.6 Å². The van der Waals surface area contributed by atoms with Gasteiger partial charge in [0, 0.05) is 13.1 Å². The first-order chi connectivity index (χ1) is 8.61. The van der Waals surface area contributed by atoms with Crippen LogP contribution in [0.4, 0.5) is 5.82 Å². The maximum Gasteiger partial charge on any atom is 0.277 e. The molecule has 0 saturated heterocycles. The molecule has 18 heavy (non-hydrogen) atoms. The standard InChI is InChI=1S/C9H12N6O3/c1-15-6(17-2)3-5(12-15)4-11-9(16)7-8(10)14-18-13-7/h3H,4H2,1-2H3,(H2,10,14)(H,11,16). The largest absolute Gasteiger partial charge is 0.481 e. The van der Waals surface area contributed by atoms with Crippen LogP contribution in [0, 0.1) is 0 Å². The van der Waals surface area contributed by atoms with Gasteiger partial charge in [-0.05, 0) is 10.3 Å². The van der Waals surface area contributed by atoms with Gasteiger partial charge in [-0.1, -0.05) is 0 Å². The first-order valence-corrected chi connectivity index (χ1v) is 5.05. The van der Waals surface area contributed by atoms with Gasteiger partial charge < -0.3 is 15.8 Å². The van der Waals surface area contributed by atoms with Gasteiger partial charge in [0.15, 0.2) is 0 Å². The summed E-state index contributed by atoms with van der Waals surface area (Å²) < 4.78 is 11.0. The van der Waals surface area contributed by atoms with Crippen molar-refractivity contribution in [3.63, 3.8) is 0 Å². The molecule has 0 aromatic carbocycles. The van der Waals surface area contributed by atoms with E-state index in [9.17, 15) is 4.79 Å². The molecule has 0 unspecified atom stereocenters. The molecule has 0 aliphatic carbocycles. The first kappa shape index (κ1) is 11.9. The van der Waals surface area contributed by atoms with Crippen molar-refractivity contribution in [2.24, 2.45) is 7.05 Å². The van der Waals surface area contributed by atoms with Crippen LogP contribution in [0.2, 0.25) is 0 Å². The van der Waals surface area contributed by atoms with Crippen molar-refractivity contribution in [1.29, 1.82) is 0 Å². The molecule has 9 heteroatoms. The Bertz CT molecular complexity index is 560. The molecular formula is C9H12N6O3. The van der Waals surface area contributed by atoms with E-state index in [1.54, 1.807) is 24.9 Å². The number of rotatable bonds is 4. The molecule has 2 aromatic heterocycles. The lowest BCUT2D eigenvalue weighted by molar-refractivity contribution is 0.0941. The number of carbonyl (C=O) groups is 1. The number of amides is 1. The minimum Gasteiger partial charge on any atom is -0.481 e. The minimum absolute atomic E-state index is 0.0436. The maximum atomic E-state index is 11.6. The molecule has 1 amide bonds. The normalized spacial score (nSPS) is 10.3. The number of aryl methyl sites for hydroxylation is 1. The number of aromatic nitrogens is 4. The van der Waals surface area contributed by atoms with E-state index in [4.69, 9.17) is 10.5 Å². The van der Waals surface area contributed by atoms with Gasteiger partial charge in [0.2, 0.25) is 17.4 Å². The van der Waals surface area contributed by atoms with E-state index in [2.05, 4.69) is 25.4 Å². The Morgan fingerprint density at radius 1 is 1.61 bits per heavy atom. The van der Waals surface area contributed by atoms with Crippen molar-refractivity contribution in [2.45, 2.75) is 6.54 Å². The Hall–Kier alpha value is -2.58. The summed E-state index contributed by atoms with van der Waals surface area (Å²) in [6.07, 6.45) is 0. The van der Waals surface area contributed by atoms with Crippen molar-refractivity contribution < 1.29 is 14.2 Å². The van der Waals surface area contributed by atoms with Crippen LogP contribution in [0.5, 0.6) is 5.88 Å². The second-order valence-corrected chi connectivity index (χ2v) is 3.48. The van der Waals surface area contributed by atoms with Gasteiger partial charge in [0.05, 0.1) is 19.3 Å². The lowest BCUT2D eigenvalue weighted by Crippen LogP contribution is -2.24. The van der Waals surface area contributed by atoms with Crippen LogP contribution < -0.4 is 15.8 Å². The molecule has 2 heterocycles. The predicted octanol–water partition coefficient (Wildman–Crippen LogP) is -0.676. The van der Waals surface area contributed by atoms with Crippen LogP contribution in [0.25, 0.3) is 0 Å². The molecule has 0 bridgehead atoms. The van der Waals surface area contributed by atoms with Crippen LogP contribution >= 0.6 is 0 Å². The van der Waals surface area contributed by atoms with Crippen LogP contribution in [0.15, 0.2) is 10.7 Å². The second kappa shape index (κ2) is 4.73. The fourth-order valence-corrected chi connectivity index (χ4v) is 1.39. The van der Waals surface area contributed by atoms with Crippen LogP contribution in [0.3, 0.4) is 0 Å². The van der Waals surface area contributed by atoms with Gasteiger partial charge in [-0.2, -0.15) is 5.10 Å². The number of hydrogen-bond donors (Lipinski definition) is 2. The average molecular weight is 252 g/mol. The molecule has 2 aromatic rings. The number of ether oxygens (including phenoxy) is 1. The Labute approximate surface area is 102 Å². The summed E-state index contributed by atoms with van der Waals surface area (Å²) in [5, 5.41) is 13.4. The molecule has 9 nitrogen and oxygen atoms in total. The summed E-state index contributed by atoms with van der Waals surface area (Å²) >= 11 is 0. The highest BCUT2D eigenvalue weighted by molar-refractivity contribution is 5.95. The molecule has 0 radical (unpaired) electrons. The molecular weight excluding hydrogens is 240 g/mol. The van der Waals surface area contributed by atoms with E-state index in [1.165, 1.54) is 0 Å². The highest BCUT2D eigenvalue weighted by Gasteiger charge is 2.16. The Morgan fingerprint density at radius 3 is 2.94 bits per heavy atom. The number of nitrogens with two attached hydrogens (primary N) is 1. The molecule has 2 rings (SSSR count). The van der Waals surface area contributed by atoms with E-state index in [1.807, 2.05) is 0 Å². The van der Waals surface area contributed by atoms with E-state index >= 15 is 0 Å². The number of methoxy groups -OCH3 is 1. The quantitative estimate of drug-likeness (QED) is 0.739. The van der Waals surface area contributed by atoms with Crippen LogP contribution in [-0.2, 0) is 13.6 Å². The number of nitrogen functional groups attached to an aromatic ring is 1. The van der Waals surface area contributed by atoms with Crippen molar-refractivity contribution in [3.05, 3.63) is 17.5 Å². The third-order valence-electron chi connectivity index (χ3n) is 2.26. The highest BCUT2D eigenvalue weighted by Crippen LogP contribution is 2.11. The first-order valence-electron chi connectivity index (χ1n) is 5.05. The maximum absolute atomic E-state index is 11.6. The van der Waals surface area contributed by atoms with Gasteiger partial charge in [-0.15, -0.1) is 0 Å². The molecule has 0 saturated carbocycles. The zero-order valence-electron chi connectivity index (χ0n) is 9.88. The van der Waals surface area contributed by atoms with Crippen molar-refractivity contribution in [2.75, 3.05) is 12.8 Å². The third-order valence-corrected chi connectivity index (χ3v) is 2.26. The number of nitrogens with one attached hydrogen (secondary N) is 1. The van der Waals surface area contributed by atoms with Gasteiger partial charge >= 0.3 is 0 Å². The summed E-state index contributed by atoms with van der Waals surface area (Å²) in [6, 6.07) is 1.71. The SMILES string of the molecule is COc1cc(CNC(=O)c2nonc2N)nn1C. The van der Waals surface area contributed by atoms with Crippen molar-refractivity contribution >= 4 is 11.7 Å². The zero-order chi connectivity index (χ0) is 13.1. The van der Waals surface area contributed by atoms with Gasteiger partial charge in [-0.3, -0.25) is 4.79 Å². The molecule has 0 fully saturated rings.